The van der Waals surface area contributed by atoms with Gasteiger partial charge in [0.25, 0.3) is 0 Å². The van der Waals surface area contributed by atoms with Crippen molar-refractivity contribution < 1.29 is 4.42 Å². The van der Waals surface area contributed by atoms with Crippen LogP contribution >= 0.6 is 0 Å². The zero-order valence-electron chi connectivity index (χ0n) is 27.7. The summed E-state index contributed by atoms with van der Waals surface area (Å²) >= 11 is 0. The summed E-state index contributed by atoms with van der Waals surface area (Å²) in [5, 5.41) is 14.7. The zero-order valence-corrected chi connectivity index (χ0v) is 27.7. The first-order valence-electron chi connectivity index (χ1n) is 17.6. The first-order valence-corrected chi connectivity index (χ1v) is 17.6. The predicted molar refractivity (Wildman–Crippen MR) is 218 cm³/mol. The van der Waals surface area contributed by atoms with Crippen LogP contribution < -0.4 is 0 Å². The fraction of sp³-hybridized carbons (Fsp3) is 0. The Morgan fingerprint density at radius 2 is 0.745 bits per heavy atom. The second-order valence-corrected chi connectivity index (χ2v) is 13.6. The molecule has 0 N–H and O–H groups in total. The van der Waals surface area contributed by atoms with Gasteiger partial charge in [-0.25, -0.2) is 0 Å². The molecule has 0 amide bonds. The van der Waals surface area contributed by atoms with Crippen molar-refractivity contribution in [3.63, 3.8) is 0 Å². The summed E-state index contributed by atoms with van der Waals surface area (Å²) in [7, 11) is 0. The van der Waals surface area contributed by atoms with Crippen molar-refractivity contribution in [2.45, 2.75) is 0 Å². The number of fused-ring (bicyclic) bond motifs is 8. The molecule has 0 bridgehead atoms. The van der Waals surface area contributed by atoms with E-state index >= 15 is 0 Å². The van der Waals surface area contributed by atoms with Crippen LogP contribution in [0.2, 0.25) is 0 Å². The van der Waals surface area contributed by atoms with E-state index in [-0.39, 0.29) is 0 Å². The highest BCUT2D eigenvalue weighted by atomic mass is 16.3. The van der Waals surface area contributed by atoms with Crippen LogP contribution in [0.4, 0.5) is 0 Å². The van der Waals surface area contributed by atoms with Crippen molar-refractivity contribution in [1.29, 1.82) is 0 Å². The smallest absolute Gasteiger partial charge is 0.136 e. The van der Waals surface area contributed by atoms with E-state index in [1.54, 1.807) is 0 Å². The first-order chi connectivity index (χ1) is 25.3. The van der Waals surface area contributed by atoms with Crippen molar-refractivity contribution in [2.24, 2.45) is 0 Å². The fourth-order valence-corrected chi connectivity index (χ4v) is 8.47. The Morgan fingerprint density at radius 1 is 0.255 bits per heavy atom. The quantitative estimate of drug-likeness (QED) is 0.174. The van der Waals surface area contributed by atoms with Gasteiger partial charge in [-0.05, 0) is 118 Å². The molecule has 0 spiro atoms. The zero-order chi connectivity index (χ0) is 33.5. The van der Waals surface area contributed by atoms with Gasteiger partial charge in [-0.15, -0.1) is 0 Å². The van der Waals surface area contributed by atoms with Crippen molar-refractivity contribution in [1.82, 2.24) is 0 Å². The van der Waals surface area contributed by atoms with Crippen LogP contribution in [-0.4, -0.2) is 0 Å². The molecule has 0 atom stereocenters. The molecule has 236 valence electrons. The van der Waals surface area contributed by atoms with Crippen LogP contribution in [0.15, 0.2) is 186 Å². The van der Waals surface area contributed by atoms with E-state index in [2.05, 4.69) is 182 Å². The molecule has 1 heterocycles. The van der Waals surface area contributed by atoms with Crippen molar-refractivity contribution in [3.8, 4) is 33.4 Å². The second kappa shape index (κ2) is 10.9. The topological polar surface area (TPSA) is 13.1 Å². The lowest BCUT2D eigenvalue weighted by molar-refractivity contribution is 0.669. The Morgan fingerprint density at radius 3 is 1.43 bits per heavy atom. The van der Waals surface area contributed by atoms with Gasteiger partial charge in [-0.2, -0.15) is 0 Å². The fourth-order valence-electron chi connectivity index (χ4n) is 8.47. The number of furan rings is 1. The third-order valence-electron chi connectivity index (χ3n) is 10.8. The second-order valence-electron chi connectivity index (χ2n) is 13.6. The SMILES string of the molecule is c1ccc2cc(-c3ccc(-c4c5ccccc5c(-c5ccc6oc7cc8ccccc8cc7c6c5)c5ccccc45)c4ccccc34)ccc2c1. The monoisotopic (exact) mass is 646 g/mol. The normalized spacial score (nSPS) is 11.9. The van der Waals surface area contributed by atoms with Gasteiger partial charge in [-0.1, -0.05) is 152 Å². The van der Waals surface area contributed by atoms with E-state index in [1.807, 2.05) is 0 Å². The summed E-state index contributed by atoms with van der Waals surface area (Å²) in [6, 6.07) is 66.5. The maximum absolute atomic E-state index is 6.41. The minimum Gasteiger partial charge on any atom is -0.456 e. The molecule has 0 aliphatic heterocycles. The van der Waals surface area contributed by atoms with Gasteiger partial charge in [0.05, 0.1) is 0 Å². The molecule has 0 fully saturated rings. The number of hydrogen-bond donors (Lipinski definition) is 0. The lowest BCUT2D eigenvalue weighted by atomic mass is 9.83. The molecule has 11 aromatic rings. The maximum atomic E-state index is 6.41. The molecular formula is C50H30O. The summed E-state index contributed by atoms with van der Waals surface area (Å²) in [5.41, 5.74) is 9.27. The average molecular weight is 647 g/mol. The van der Waals surface area contributed by atoms with Gasteiger partial charge >= 0.3 is 0 Å². The number of rotatable bonds is 3. The van der Waals surface area contributed by atoms with Crippen molar-refractivity contribution >= 4 is 75.8 Å². The van der Waals surface area contributed by atoms with Crippen molar-refractivity contribution in [2.75, 3.05) is 0 Å². The van der Waals surface area contributed by atoms with Crippen LogP contribution in [-0.2, 0) is 0 Å². The molecule has 0 unspecified atom stereocenters. The summed E-state index contributed by atoms with van der Waals surface area (Å²) in [5.74, 6) is 0. The molecule has 1 nitrogen and oxygen atoms in total. The summed E-state index contributed by atoms with van der Waals surface area (Å²) in [4.78, 5) is 0. The van der Waals surface area contributed by atoms with Gasteiger partial charge < -0.3 is 4.42 Å². The summed E-state index contributed by atoms with van der Waals surface area (Å²) in [6.45, 7) is 0. The number of benzene rings is 10. The van der Waals surface area contributed by atoms with E-state index in [4.69, 9.17) is 4.42 Å². The summed E-state index contributed by atoms with van der Waals surface area (Å²) < 4.78 is 6.41. The predicted octanol–water partition coefficient (Wildman–Crippen LogP) is 14.4. The van der Waals surface area contributed by atoms with E-state index in [9.17, 15) is 0 Å². The standard InChI is InChI=1S/C50H30O/c1-2-12-32-27-35(22-21-31(32)11-1)37-24-25-44(39-16-6-5-15-38(37)39)50-42-19-9-7-17-40(42)49(41-18-8-10-20-43(41)50)36-23-26-47-45(29-36)46-28-33-13-3-4-14-34(33)30-48(46)51-47/h1-30H. The van der Waals surface area contributed by atoms with E-state index in [0.29, 0.717) is 0 Å². The number of hydrogen-bond acceptors (Lipinski definition) is 1. The van der Waals surface area contributed by atoms with Gasteiger partial charge in [0.1, 0.15) is 11.2 Å². The van der Waals surface area contributed by atoms with E-state index in [0.717, 1.165) is 21.9 Å². The Hall–Kier alpha value is -6.70. The van der Waals surface area contributed by atoms with E-state index in [1.165, 1.54) is 87.2 Å². The van der Waals surface area contributed by atoms with Crippen LogP contribution in [0.3, 0.4) is 0 Å². The van der Waals surface area contributed by atoms with Crippen molar-refractivity contribution in [3.05, 3.63) is 182 Å². The van der Waals surface area contributed by atoms with Crippen LogP contribution in [0.5, 0.6) is 0 Å². The van der Waals surface area contributed by atoms with Gasteiger partial charge in [0, 0.05) is 10.8 Å². The van der Waals surface area contributed by atoms with Crippen LogP contribution in [0.1, 0.15) is 0 Å². The van der Waals surface area contributed by atoms with Crippen LogP contribution in [0, 0.1) is 0 Å². The van der Waals surface area contributed by atoms with Gasteiger partial charge in [0.15, 0.2) is 0 Å². The molecule has 51 heavy (non-hydrogen) atoms. The molecule has 0 aliphatic carbocycles. The Bertz CT molecular complexity index is 3140. The van der Waals surface area contributed by atoms with Gasteiger partial charge in [0.2, 0.25) is 0 Å². The first kappa shape index (κ1) is 28.2. The highest BCUT2D eigenvalue weighted by Gasteiger charge is 2.20. The Labute approximate surface area is 294 Å². The van der Waals surface area contributed by atoms with Gasteiger partial charge in [-0.3, -0.25) is 0 Å². The van der Waals surface area contributed by atoms with Crippen LogP contribution in [0.25, 0.3) is 109 Å². The molecule has 0 aliphatic rings. The molecule has 0 saturated heterocycles. The maximum Gasteiger partial charge on any atom is 0.136 e. The molecular weight excluding hydrogens is 617 g/mol. The Balaban J connectivity index is 1.17. The third kappa shape index (κ3) is 4.28. The largest absolute Gasteiger partial charge is 0.456 e. The molecule has 0 saturated carbocycles. The molecule has 10 aromatic carbocycles. The molecule has 0 radical (unpaired) electrons. The highest BCUT2D eigenvalue weighted by molar-refractivity contribution is 6.25. The minimum atomic E-state index is 0.910. The lowest BCUT2D eigenvalue weighted by Crippen LogP contribution is -1.92. The highest BCUT2D eigenvalue weighted by Crippen LogP contribution is 2.47. The third-order valence-corrected chi connectivity index (χ3v) is 10.8. The average Bonchev–Trinajstić information content (AvgIpc) is 3.55. The molecule has 1 aromatic heterocycles. The lowest BCUT2D eigenvalue weighted by Gasteiger charge is -2.20. The molecule has 1 heteroatoms. The Kier molecular flexibility index (Phi) is 6.02. The summed E-state index contributed by atoms with van der Waals surface area (Å²) in [6.07, 6.45) is 0. The van der Waals surface area contributed by atoms with E-state index < -0.39 is 0 Å². The minimum absolute atomic E-state index is 0.910. The molecule has 11 rings (SSSR count).